The Kier molecular flexibility index (Phi) is 4.69. The van der Waals surface area contributed by atoms with Gasteiger partial charge in [0.05, 0.1) is 5.02 Å². The van der Waals surface area contributed by atoms with E-state index in [2.05, 4.69) is 0 Å². The minimum Gasteiger partial charge on any atom is -0.481 e. The number of benzene rings is 2. The number of carbonyl (C=O) groups is 1. The maximum atomic E-state index is 12.3. The summed E-state index contributed by atoms with van der Waals surface area (Å²) in [6.07, 6.45) is -0.631. The Bertz CT molecular complexity index is 621. The second kappa shape index (κ2) is 6.29. The van der Waals surface area contributed by atoms with E-state index < -0.39 is 6.10 Å². The number of hydrogen-bond acceptors (Lipinski definition) is 2. The molecule has 0 N–H and O–H groups in total. The van der Waals surface area contributed by atoms with Gasteiger partial charge in [-0.25, -0.2) is 0 Å². The molecule has 20 heavy (non-hydrogen) atoms. The number of aryl methyl sites for hydroxylation is 1. The van der Waals surface area contributed by atoms with E-state index in [4.69, 9.17) is 27.9 Å². The molecule has 0 bridgehead atoms. The fourth-order valence-electron chi connectivity index (χ4n) is 1.77. The lowest BCUT2D eigenvalue weighted by atomic mass is 10.1. The van der Waals surface area contributed by atoms with Crippen molar-refractivity contribution < 1.29 is 9.53 Å². The highest BCUT2D eigenvalue weighted by Crippen LogP contribution is 2.32. The number of carbonyl (C=O) groups excluding carboxylic acids is 1. The van der Waals surface area contributed by atoms with Gasteiger partial charge in [-0.15, -0.1) is 0 Å². The van der Waals surface area contributed by atoms with Crippen LogP contribution in [0.5, 0.6) is 5.75 Å². The lowest BCUT2D eigenvalue weighted by Crippen LogP contribution is -2.24. The number of rotatable bonds is 4. The molecule has 104 valence electrons. The first-order chi connectivity index (χ1) is 9.49. The second-order valence-electron chi connectivity index (χ2n) is 4.54. The summed E-state index contributed by atoms with van der Waals surface area (Å²) in [6, 6.07) is 12.5. The first kappa shape index (κ1) is 14.9. The van der Waals surface area contributed by atoms with Gasteiger partial charge >= 0.3 is 0 Å². The van der Waals surface area contributed by atoms with Crippen LogP contribution in [0.15, 0.2) is 42.5 Å². The molecule has 4 heteroatoms. The molecule has 1 atom stereocenters. The molecule has 0 aromatic heterocycles. The van der Waals surface area contributed by atoms with Gasteiger partial charge < -0.3 is 4.74 Å². The zero-order valence-corrected chi connectivity index (χ0v) is 12.7. The third kappa shape index (κ3) is 3.33. The van der Waals surface area contributed by atoms with E-state index in [0.29, 0.717) is 21.4 Å². The summed E-state index contributed by atoms with van der Waals surface area (Å²) in [4.78, 5) is 12.3. The average molecular weight is 309 g/mol. The highest BCUT2D eigenvalue weighted by atomic mass is 35.5. The minimum absolute atomic E-state index is 0.0963. The zero-order chi connectivity index (χ0) is 14.7. The molecule has 0 amide bonds. The Labute approximate surface area is 128 Å². The Morgan fingerprint density at radius 1 is 1.10 bits per heavy atom. The van der Waals surface area contributed by atoms with Gasteiger partial charge in [-0.05, 0) is 26.0 Å². The molecule has 0 saturated heterocycles. The van der Waals surface area contributed by atoms with Gasteiger partial charge in [-0.2, -0.15) is 0 Å². The van der Waals surface area contributed by atoms with Crippen molar-refractivity contribution in [2.75, 3.05) is 0 Å². The summed E-state index contributed by atoms with van der Waals surface area (Å²) in [5.74, 6) is 0.313. The molecule has 0 saturated carbocycles. The Morgan fingerprint density at radius 2 is 1.75 bits per heavy atom. The molecular formula is C16H14Cl2O2. The topological polar surface area (TPSA) is 26.3 Å². The van der Waals surface area contributed by atoms with Crippen molar-refractivity contribution in [1.82, 2.24) is 0 Å². The van der Waals surface area contributed by atoms with Crippen LogP contribution in [0.3, 0.4) is 0 Å². The number of Topliss-reactive ketones (excluding diaryl/α,β-unsaturated/α-hetero) is 1. The van der Waals surface area contributed by atoms with Crippen molar-refractivity contribution >= 4 is 29.0 Å². The van der Waals surface area contributed by atoms with E-state index in [1.807, 2.05) is 19.1 Å². The summed E-state index contributed by atoms with van der Waals surface area (Å²) < 4.78 is 5.61. The van der Waals surface area contributed by atoms with Gasteiger partial charge in [0.15, 0.2) is 6.10 Å². The van der Waals surface area contributed by atoms with Gasteiger partial charge in [0.1, 0.15) is 10.8 Å². The third-order valence-electron chi connectivity index (χ3n) is 2.93. The van der Waals surface area contributed by atoms with Crippen molar-refractivity contribution in [2.24, 2.45) is 0 Å². The zero-order valence-electron chi connectivity index (χ0n) is 11.2. The highest BCUT2D eigenvalue weighted by Gasteiger charge is 2.18. The largest absolute Gasteiger partial charge is 0.481 e. The summed E-state index contributed by atoms with van der Waals surface area (Å²) in [7, 11) is 0. The quantitative estimate of drug-likeness (QED) is 0.747. The molecule has 2 aromatic carbocycles. The van der Waals surface area contributed by atoms with E-state index in [0.717, 1.165) is 5.56 Å². The fourth-order valence-corrected chi connectivity index (χ4v) is 2.11. The molecule has 2 rings (SSSR count). The standard InChI is InChI=1S/C16H14Cl2O2/c1-10-6-8-12(9-7-10)16(19)11(2)20-14-5-3-4-13(17)15(14)18/h3-9,11H,1-2H3. The van der Waals surface area contributed by atoms with Crippen LogP contribution in [-0.4, -0.2) is 11.9 Å². The molecular weight excluding hydrogens is 295 g/mol. The molecule has 0 aliphatic rings. The lowest BCUT2D eigenvalue weighted by Gasteiger charge is -2.15. The molecule has 1 unspecified atom stereocenters. The molecule has 0 aliphatic carbocycles. The third-order valence-corrected chi connectivity index (χ3v) is 3.73. The molecule has 2 aromatic rings. The fraction of sp³-hybridized carbons (Fsp3) is 0.188. The number of halogens is 2. The predicted molar refractivity (Wildman–Crippen MR) is 82.1 cm³/mol. The van der Waals surface area contributed by atoms with Crippen molar-refractivity contribution in [3.05, 3.63) is 63.6 Å². The van der Waals surface area contributed by atoms with Crippen LogP contribution in [0.1, 0.15) is 22.8 Å². The van der Waals surface area contributed by atoms with Crippen LogP contribution in [-0.2, 0) is 0 Å². The van der Waals surface area contributed by atoms with Crippen molar-refractivity contribution in [1.29, 1.82) is 0 Å². The van der Waals surface area contributed by atoms with Crippen LogP contribution >= 0.6 is 23.2 Å². The Morgan fingerprint density at radius 3 is 2.40 bits per heavy atom. The van der Waals surface area contributed by atoms with E-state index in [-0.39, 0.29) is 5.78 Å². The van der Waals surface area contributed by atoms with Crippen molar-refractivity contribution in [2.45, 2.75) is 20.0 Å². The first-order valence-corrected chi connectivity index (χ1v) is 6.96. The Hall–Kier alpha value is -1.51. The van der Waals surface area contributed by atoms with Crippen molar-refractivity contribution in [3.8, 4) is 5.75 Å². The van der Waals surface area contributed by atoms with Gasteiger partial charge in [0.25, 0.3) is 0 Å². The molecule has 0 radical (unpaired) electrons. The second-order valence-corrected chi connectivity index (χ2v) is 5.33. The normalized spacial score (nSPS) is 12.0. The minimum atomic E-state index is -0.631. The maximum absolute atomic E-state index is 12.3. The summed E-state index contributed by atoms with van der Waals surface area (Å²) in [6.45, 7) is 3.67. The van der Waals surface area contributed by atoms with Gasteiger partial charge in [-0.1, -0.05) is 59.1 Å². The highest BCUT2D eigenvalue weighted by molar-refractivity contribution is 6.42. The Balaban J connectivity index is 2.15. The van der Waals surface area contributed by atoms with Crippen LogP contribution in [0.4, 0.5) is 0 Å². The van der Waals surface area contributed by atoms with Crippen LogP contribution in [0.2, 0.25) is 10.0 Å². The summed E-state index contributed by atoms with van der Waals surface area (Å²) in [5.41, 5.74) is 1.72. The molecule has 0 fully saturated rings. The van der Waals surface area contributed by atoms with E-state index in [9.17, 15) is 4.79 Å². The predicted octanol–water partition coefficient (Wildman–Crippen LogP) is 4.95. The van der Waals surface area contributed by atoms with E-state index >= 15 is 0 Å². The summed E-state index contributed by atoms with van der Waals surface area (Å²) >= 11 is 12.0. The van der Waals surface area contributed by atoms with Crippen molar-refractivity contribution in [3.63, 3.8) is 0 Å². The van der Waals surface area contributed by atoms with Gasteiger partial charge in [0, 0.05) is 5.56 Å². The van der Waals surface area contributed by atoms with E-state index in [1.54, 1.807) is 37.3 Å². The number of ether oxygens (including phenoxy) is 1. The van der Waals surface area contributed by atoms with Crippen LogP contribution in [0, 0.1) is 6.92 Å². The SMILES string of the molecule is Cc1ccc(C(=O)C(C)Oc2cccc(Cl)c2Cl)cc1. The lowest BCUT2D eigenvalue weighted by molar-refractivity contribution is 0.0818. The average Bonchev–Trinajstić information content (AvgIpc) is 2.44. The molecule has 2 nitrogen and oxygen atoms in total. The van der Waals surface area contributed by atoms with E-state index in [1.165, 1.54) is 0 Å². The summed E-state index contributed by atoms with van der Waals surface area (Å²) in [5, 5.41) is 0.719. The van der Waals surface area contributed by atoms with Crippen LogP contribution < -0.4 is 4.74 Å². The molecule has 0 heterocycles. The smallest absolute Gasteiger partial charge is 0.202 e. The molecule has 0 aliphatic heterocycles. The number of ketones is 1. The van der Waals surface area contributed by atoms with Gasteiger partial charge in [-0.3, -0.25) is 4.79 Å². The molecule has 0 spiro atoms. The first-order valence-electron chi connectivity index (χ1n) is 6.20. The van der Waals surface area contributed by atoms with Gasteiger partial charge in [0.2, 0.25) is 5.78 Å². The van der Waals surface area contributed by atoms with Crippen LogP contribution in [0.25, 0.3) is 0 Å². The number of hydrogen-bond donors (Lipinski definition) is 0. The maximum Gasteiger partial charge on any atom is 0.202 e. The monoisotopic (exact) mass is 308 g/mol.